The second kappa shape index (κ2) is 10.6. The minimum Gasteiger partial charge on any atom is -0.443 e. The van der Waals surface area contributed by atoms with Crippen molar-refractivity contribution in [1.82, 2.24) is 20.5 Å². The zero-order valence-corrected chi connectivity index (χ0v) is 18.7. The van der Waals surface area contributed by atoms with E-state index < -0.39 is 0 Å². The molecule has 0 spiro atoms. The molecule has 0 aliphatic heterocycles. The van der Waals surface area contributed by atoms with Crippen molar-refractivity contribution in [2.24, 2.45) is 10.9 Å². The van der Waals surface area contributed by atoms with Crippen LogP contribution in [0.3, 0.4) is 0 Å². The Morgan fingerprint density at radius 2 is 1.96 bits per heavy atom. The second-order valence-corrected chi connectivity index (χ2v) is 7.45. The number of hydrogen-bond donors (Lipinski definition) is 2. The van der Waals surface area contributed by atoms with Crippen LogP contribution >= 0.6 is 24.0 Å². The molecule has 1 aromatic heterocycles. The Hall–Kier alpha value is -1.32. The van der Waals surface area contributed by atoms with E-state index in [4.69, 9.17) is 4.42 Å². The van der Waals surface area contributed by atoms with Gasteiger partial charge in [-0.15, -0.1) is 24.0 Å². The predicted molar refractivity (Wildman–Crippen MR) is 111 cm³/mol. The minimum absolute atomic E-state index is 0. The van der Waals surface area contributed by atoms with Crippen LogP contribution in [0.1, 0.15) is 46.3 Å². The fourth-order valence-electron chi connectivity index (χ4n) is 1.66. The SMILES string of the molecule is CC(C)CNC(=NCC(=O)N(C)C)NCc1ncc(C(C)(C)C)o1.I. The largest absolute Gasteiger partial charge is 0.443 e. The number of aliphatic imine (C=N–C) groups is 1. The molecule has 1 amide bonds. The molecule has 1 heterocycles. The second-order valence-electron chi connectivity index (χ2n) is 7.45. The first-order valence-corrected chi connectivity index (χ1v) is 8.27. The van der Waals surface area contributed by atoms with Crippen molar-refractivity contribution >= 4 is 35.8 Å². The van der Waals surface area contributed by atoms with Crippen LogP contribution in [-0.2, 0) is 16.8 Å². The van der Waals surface area contributed by atoms with Crippen LogP contribution in [-0.4, -0.2) is 48.9 Å². The van der Waals surface area contributed by atoms with E-state index in [1.165, 1.54) is 4.90 Å². The van der Waals surface area contributed by atoms with Crippen molar-refractivity contribution in [3.05, 3.63) is 17.8 Å². The average Bonchev–Trinajstić information content (AvgIpc) is 2.94. The first-order valence-electron chi connectivity index (χ1n) is 8.27. The molecule has 0 aliphatic carbocycles. The number of guanidine groups is 1. The van der Waals surface area contributed by atoms with E-state index >= 15 is 0 Å². The Morgan fingerprint density at radius 3 is 2.44 bits per heavy atom. The highest BCUT2D eigenvalue weighted by atomic mass is 127. The van der Waals surface area contributed by atoms with Crippen molar-refractivity contribution in [3.63, 3.8) is 0 Å². The molecule has 0 unspecified atom stereocenters. The molecule has 0 fully saturated rings. The summed E-state index contributed by atoms with van der Waals surface area (Å²) in [5.41, 5.74) is -0.0732. The van der Waals surface area contributed by atoms with Crippen molar-refractivity contribution in [1.29, 1.82) is 0 Å². The minimum atomic E-state index is -0.0732. The summed E-state index contributed by atoms with van der Waals surface area (Å²) in [4.78, 5) is 21.8. The monoisotopic (exact) mass is 465 g/mol. The smallest absolute Gasteiger partial charge is 0.243 e. The van der Waals surface area contributed by atoms with Crippen molar-refractivity contribution in [3.8, 4) is 0 Å². The number of oxazole rings is 1. The highest BCUT2D eigenvalue weighted by molar-refractivity contribution is 14.0. The predicted octanol–water partition coefficient (Wildman–Crippen LogP) is 2.37. The van der Waals surface area contributed by atoms with Crippen LogP contribution in [0, 0.1) is 5.92 Å². The van der Waals surface area contributed by atoms with E-state index in [0.717, 1.165) is 12.3 Å². The molecule has 0 radical (unpaired) electrons. The van der Waals surface area contributed by atoms with Gasteiger partial charge in [0, 0.05) is 26.1 Å². The van der Waals surface area contributed by atoms with Crippen LogP contribution < -0.4 is 10.6 Å². The van der Waals surface area contributed by atoms with Gasteiger partial charge < -0.3 is 20.0 Å². The van der Waals surface area contributed by atoms with E-state index in [-0.39, 0.29) is 41.8 Å². The van der Waals surface area contributed by atoms with Crippen molar-refractivity contribution in [2.75, 3.05) is 27.2 Å². The Labute approximate surface area is 168 Å². The normalized spacial score (nSPS) is 11.9. The number of nitrogens with one attached hydrogen (secondary N) is 2. The van der Waals surface area contributed by atoms with Crippen molar-refractivity contribution < 1.29 is 9.21 Å². The van der Waals surface area contributed by atoms with E-state index in [9.17, 15) is 4.79 Å². The van der Waals surface area contributed by atoms with E-state index in [2.05, 4.69) is 55.2 Å². The number of aromatic nitrogens is 1. The number of amides is 1. The molecule has 0 aromatic carbocycles. The number of carbonyl (C=O) groups excluding carboxylic acids is 1. The first-order chi connectivity index (χ1) is 11.1. The molecule has 1 aromatic rings. The number of nitrogens with zero attached hydrogens (tertiary/aromatic N) is 3. The van der Waals surface area contributed by atoms with Crippen LogP contribution in [0.2, 0.25) is 0 Å². The maximum absolute atomic E-state index is 11.7. The maximum Gasteiger partial charge on any atom is 0.243 e. The van der Waals surface area contributed by atoms with Gasteiger partial charge in [0.15, 0.2) is 5.96 Å². The highest BCUT2D eigenvalue weighted by Gasteiger charge is 2.19. The molecule has 0 atom stereocenters. The molecule has 8 heteroatoms. The average molecular weight is 465 g/mol. The third-order valence-electron chi connectivity index (χ3n) is 3.25. The highest BCUT2D eigenvalue weighted by Crippen LogP contribution is 2.22. The summed E-state index contributed by atoms with van der Waals surface area (Å²) in [6.07, 6.45) is 1.75. The summed E-state index contributed by atoms with van der Waals surface area (Å²) >= 11 is 0. The van der Waals surface area contributed by atoms with E-state index in [1.54, 1.807) is 20.3 Å². The van der Waals surface area contributed by atoms with Gasteiger partial charge in [0.2, 0.25) is 11.8 Å². The lowest BCUT2D eigenvalue weighted by Gasteiger charge is -2.15. The van der Waals surface area contributed by atoms with Crippen LogP contribution in [0.5, 0.6) is 0 Å². The maximum atomic E-state index is 11.7. The summed E-state index contributed by atoms with van der Waals surface area (Å²) in [6, 6.07) is 0. The summed E-state index contributed by atoms with van der Waals surface area (Å²) in [5.74, 6) is 2.44. The van der Waals surface area contributed by atoms with Gasteiger partial charge in [-0.2, -0.15) is 0 Å². The quantitative estimate of drug-likeness (QED) is 0.383. The molecule has 0 aliphatic rings. The topological polar surface area (TPSA) is 82.8 Å². The van der Waals surface area contributed by atoms with Crippen LogP contribution in [0.4, 0.5) is 0 Å². The molecule has 144 valence electrons. The molecular formula is C17H32IN5O2. The lowest BCUT2D eigenvalue weighted by atomic mass is 9.94. The summed E-state index contributed by atoms with van der Waals surface area (Å²) < 4.78 is 5.76. The van der Waals surface area contributed by atoms with E-state index in [0.29, 0.717) is 24.3 Å². The van der Waals surface area contributed by atoms with Gasteiger partial charge in [0.25, 0.3) is 0 Å². The summed E-state index contributed by atoms with van der Waals surface area (Å²) in [7, 11) is 3.43. The lowest BCUT2D eigenvalue weighted by molar-refractivity contribution is -0.127. The molecule has 2 N–H and O–H groups in total. The van der Waals surface area contributed by atoms with Crippen LogP contribution in [0.15, 0.2) is 15.6 Å². The molecule has 0 saturated carbocycles. The van der Waals surface area contributed by atoms with Gasteiger partial charge >= 0.3 is 0 Å². The van der Waals surface area contributed by atoms with Gasteiger partial charge in [0.1, 0.15) is 12.3 Å². The van der Waals surface area contributed by atoms with Gasteiger partial charge in [-0.05, 0) is 5.92 Å². The summed E-state index contributed by atoms with van der Waals surface area (Å²) in [5, 5.41) is 6.38. The Morgan fingerprint density at radius 1 is 1.32 bits per heavy atom. The molecule has 0 saturated heterocycles. The van der Waals surface area contributed by atoms with E-state index in [1.807, 2.05) is 0 Å². The number of hydrogen-bond acceptors (Lipinski definition) is 4. The van der Waals surface area contributed by atoms with Gasteiger partial charge in [-0.3, -0.25) is 4.79 Å². The number of carbonyl (C=O) groups is 1. The molecule has 7 nitrogen and oxygen atoms in total. The number of halogens is 1. The Kier molecular flexibility index (Phi) is 10.1. The first kappa shape index (κ1) is 23.7. The third kappa shape index (κ3) is 9.08. The molecule has 1 rings (SSSR count). The summed E-state index contributed by atoms with van der Waals surface area (Å²) in [6.45, 7) is 11.7. The molecular weight excluding hydrogens is 433 g/mol. The fourth-order valence-corrected chi connectivity index (χ4v) is 1.66. The van der Waals surface area contributed by atoms with Gasteiger partial charge in [-0.25, -0.2) is 9.98 Å². The van der Waals surface area contributed by atoms with Gasteiger partial charge in [0.05, 0.1) is 12.7 Å². The Balaban J connectivity index is 0.00000576. The Bertz CT molecular complexity index is 562. The number of likely N-dealkylation sites (N-methyl/N-ethyl adjacent to an activating group) is 1. The number of rotatable bonds is 6. The zero-order valence-electron chi connectivity index (χ0n) is 16.3. The van der Waals surface area contributed by atoms with Crippen molar-refractivity contribution in [2.45, 2.75) is 46.6 Å². The lowest BCUT2D eigenvalue weighted by Crippen LogP contribution is -2.39. The molecule has 25 heavy (non-hydrogen) atoms. The standard InChI is InChI=1S/C17H31N5O2.HI/c1-12(2)8-19-16(21-11-15(23)22(6)7)20-10-14-18-9-13(24-14)17(3,4)5;/h9,12H,8,10-11H2,1-7H3,(H2,19,20,21);1H. The van der Waals surface area contributed by atoms with Crippen LogP contribution in [0.25, 0.3) is 0 Å². The zero-order chi connectivity index (χ0) is 18.3. The fraction of sp³-hybridized carbons (Fsp3) is 0.706. The third-order valence-corrected chi connectivity index (χ3v) is 3.25. The molecule has 0 bridgehead atoms. The van der Waals surface area contributed by atoms with Gasteiger partial charge in [-0.1, -0.05) is 34.6 Å².